The number of hydrazine groups is 1. The van der Waals surface area contributed by atoms with Crippen LogP contribution in [0.5, 0.6) is 0 Å². The summed E-state index contributed by atoms with van der Waals surface area (Å²) in [5, 5.41) is 0. The Balaban J connectivity index is 2.27. The average molecular weight is 231 g/mol. The van der Waals surface area contributed by atoms with Crippen molar-refractivity contribution in [1.29, 1.82) is 0 Å². The molecule has 1 aromatic carbocycles. The molecule has 3 heteroatoms. The van der Waals surface area contributed by atoms with E-state index in [1.807, 2.05) is 0 Å². The van der Waals surface area contributed by atoms with E-state index in [4.69, 9.17) is 10.8 Å². The molecule has 3 N–H and O–H groups in total. The van der Waals surface area contributed by atoms with Crippen molar-refractivity contribution in [1.82, 2.24) is 5.43 Å². The van der Waals surface area contributed by atoms with Gasteiger partial charge in [0, 0.05) is 5.56 Å². The van der Waals surface area contributed by atoms with Gasteiger partial charge in [0.25, 0.3) is 0 Å². The number of hydrogen-bond acceptors (Lipinski definition) is 2. The molecule has 0 amide bonds. The summed E-state index contributed by atoms with van der Waals surface area (Å²) in [7, 11) is 0. The molecule has 1 aliphatic rings. The van der Waals surface area contributed by atoms with E-state index in [-0.39, 0.29) is 0 Å². The molecule has 0 atom stereocenters. The van der Waals surface area contributed by atoms with E-state index < -0.39 is 0 Å². The number of hydrogen-bond donors (Lipinski definition) is 2. The number of nitrogens with one attached hydrogen (secondary N) is 1. The highest BCUT2D eigenvalue weighted by molar-refractivity contribution is 5.98. The first-order valence-electron chi connectivity index (χ1n) is 6.32. The maximum absolute atomic E-state index is 5.60. The molecule has 1 aromatic rings. The summed E-state index contributed by atoms with van der Waals surface area (Å²) in [5.74, 6) is 6.43. The lowest BCUT2D eigenvalue weighted by Gasteiger charge is -2.11. The SMILES string of the molecule is Cc1cc(C)cc(C(=NC2CCCC2)NN)c1. The molecule has 2 rings (SSSR count). The first kappa shape index (κ1) is 12.1. The minimum atomic E-state index is 0.446. The summed E-state index contributed by atoms with van der Waals surface area (Å²) in [6.07, 6.45) is 4.96. The Kier molecular flexibility index (Phi) is 3.79. The summed E-state index contributed by atoms with van der Waals surface area (Å²) < 4.78 is 0. The number of nitrogens with zero attached hydrogens (tertiary/aromatic N) is 1. The van der Waals surface area contributed by atoms with Crippen LogP contribution in [0.15, 0.2) is 23.2 Å². The fraction of sp³-hybridized carbons (Fsp3) is 0.500. The Morgan fingerprint density at radius 2 is 1.76 bits per heavy atom. The molecule has 1 fully saturated rings. The molecule has 0 spiro atoms. The van der Waals surface area contributed by atoms with Gasteiger partial charge in [-0.3, -0.25) is 4.99 Å². The summed E-state index contributed by atoms with van der Waals surface area (Å²) in [5.41, 5.74) is 6.33. The molecular formula is C14H21N3. The molecule has 3 nitrogen and oxygen atoms in total. The van der Waals surface area contributed by atoms with Crippen molar-refractivity contribution in [3.63, 3.8) is 0 Å². The van der Waals surface area contributed by atoms with E-state index >= 15 is 0 Å². The van der Waals surface area contributed by atoms with Crippen LogP contribution in [-0.4, -0.2) is 11.9 Å². The van der Waals surface area contributed by atoms with Crippen LogP contribution < -0.4 is 11.3 Å². The van der Waals surface area contributed by atoms with Crippen molar-refractivity contribution in [2.24, 2.45) is 10.8 Å². The molecule has 0 aromatic heterocycles. The van der Waals surface area contributed by atoms with Crippen LogP contribution in [0.3, 0.4) is 0 Å². The van der Waals surface area contributed by atoms with Crippen molar-refractivity contribution in [2.75, 3.05) is 0 Å². The van der Waals surface area contributed by atoms with Gasteiger partial charge in [-0.15, -0.1) is 0 Å². The fourth-order valence-electron chi connectivity index (χ4n) is 2.52. The molecule has 0 saturated heterocycles. The van der Waals surface area contributed by atoms with Gasteiger partial charge in [0.2, 0.25) is 0 Å². The second-order valence-corrected chi connectivity index (χ2v) is 4.94. The molecule has 0 heterocycles. The van der Waals surface area contributed by atoms with Crippen molar-refractivity contribution >= 4 is 5.84 Å². The second kappa shape index (κ2) is 5.32. The zero-order chi connectivity index (χ0) is 12.3. The molecule has 0 radical (unpaired) electrons. The first-order valence-corrected chi connectivity index (χ1v) is 6.32. The van der Waals surface area contributed by atoms with Gasteiger partial charge in [-0.1, -0.05) is 30.0 Å². The maximum atomic E-state index is 5.60. The third-order valence-corrected chi connectivity index (χ3v) is 3.27. The van der Waals surface area contributed by atoms with Crippen molar-refractivity contribution in [2.45, 2.75) is 45.6 Å². The molecule has 1 aliphatic carbocycles. The highest BCUT2D eigenvalue weighted by Gasteiger charge is 2.15. The van der Waals surface area contributed by atoms with Crippen LogP contribution in [0.2, 0.25) is 0 Å². The Morgan fingerprint density at radius 3 is 2.29 bits per heavy atom. The standard InChI is InChI=1S/C14H21N3/c1-10-7-11(2)9-12(8-10)14(17-15)16-13-5-3-4-6-13/h7-9,13H,3-6,15H2,1-2H3,(H,16,17). The van der Waals surface area contributed by atoms with Gasteiger partial charge < -0.3 is 5.43 Å². The molecule has 17 heavy (non-hydrogen) atoms. The second-order valence-electron chi connectivity index (χ2n) is 4.94. The highest BCUT2D eigenvalue weighted by atomic mass is 15.3. The lowest BCUT2D eigenvalue weighted by Crippen LogP contribution is -2.32. The third kappa shape index (κ3) is 3.07. The monoisotopic (exact) mass is 231 g/mol. The van der Waals surface area contributed by atoms with E-state index in [1.165, 1.54) is 36.8 Å². The van der Waals surface area contributed by atoms with Gasteiger partial charge in [-0.2, -0.15) is 0 Å². The van der Waals surface area contributed by atoms with Crippen LogP contribution in [0.4, 0.5) is 0 Å². The lowest BCUT2D eigenvalue weighted by molar-refractivity contribution is 0.700. The van der Waals surface area contributed by atoms with Crippen molar-refractivity contribution < 1.29 is 0 Å². The van der Waals surface area contributed by atoms with Gasteiger partial charge >= 0.3 is 0 Å². The summed E-state index contributed by atoms with van der Waals surface area (Å²) in [6, 6.07) is 6.86. The number of amidine groups is 1. The molecular weight excluding hydrogens is 210 g/mol. The van der Waals surface area contributed by atoms with E-state index in [0.717, 1.165) is 11.4 Å². The molecule has 92 valence electrons. The minimum Gasteiger partial charge on any atom is -0.308 e. The Hall–Kier alpha value is -1.35. The highest BCUT2D eigenvalue weighted by Crippen LogP contribution is 2.21. The largest absolute Gasteiger partial charge is 0.308 e. The maximum Gasteiger partial charge on any atom is 0.142 e. The summed E-state index contributed by atoms with van der Waals surface area (Å²) in [6.45, 7) is 4.19. The number of aryl methyl sites for hydroxylation is 2. The number of benzene rings is 1. The first-order chi connectivity index (χ1) is 8.19. The van der Waals surface area contributed by atoms with E-state index in [9.17, 15) is 0 Å². The topological polar surface area (TPSA) is 50.4 Å². The Labute approximate surface area is 103 Å². The number of nitrogens with two attached hydrogens (primary N) is 1. The lowest BCUT2D eigenvalue weighted by atomic mass is 10.1. The predicted molar refractivity (Wildman–Crippen MR) is 72.0 cm³/mol. The van der Waals surface area contributed by atoms with Crippen LogP contribution in [0, 0.1) is 13.8 Å². The van der Waals surface area contributed by atoms with Crippen LogP contribution in [0.1, 0.15) is 42.4 Å². The number of rotatable bonds is 2. The van der Waals surface area contributed by atoms with Crippen molar-refractivity contribution in [3.8, 4) is 0 Å². The molecule has 0 bridgehead atoms. The van der Waals surface area contributed by atoms with Gasteiger partial charge in [0.15, 0.2) is 0 Å². The average Bonchev–Trinajstić information content (AvgIpc) is 2.77. The Morgan fingerprint density at radius 1 is 1.18 bits per heavy atom. The Bertz CT molecular complexity index is 397. The summed E-state index contributed by atoms with van der Waals surface area (Å²) in [4.78, 5) is 4.73. The van der Waals surface area contributed by atoms with Crippen LogP contribution in [-0.2, 0) is 0 Å². The smallest absolute Gasteiger partial charge is 0.142 e. The van der Waals surface area contributed by atoms with E-state index in [1.54, 1.807) is 0 Å². The van der Waals surface area contributed by atoms with Gasteiger partial charge in [-0.25, -0.2) is 5.84 Å². The van der Waals surface area contributed by atoms with Gasteiger partial charge in [0.1, 0.15) is 5.84 Å². The van der Waals surface area contributed by atoms with E-state index in [2.05, 4.69) is 37.5 Å². The quantitative estimate of drug-likeness (QED) is 0.355. The molecule has 1 saturated carbocycles. The van der Waals surface area contributed by atoms with Crippen LogP contribution in [0.25, 0.3) is 0 Å². The normalized spacial score (nSPS) is 17.5. The van der Waals surface area contributed by atoms with E-state index in [0.29, 0.717) is 6.04 Å². The molecule has 0 aliphatic heterocycles. The number of aliphatic imine (C=N–C) groups is 1. The van der Waals surface area contributed by atoms with Crippen molar-refractivity contribution in [3.05, 3.63) is 34.9 Å². The minimum absolute atomic E-state index is 0.446. The molecule has 0 unspecified atom stereocenters. The van der Waals surface area contributed by atoms with Gasteiger partial charge in [-0.05, 0) is 38.8 Å². The predicted octanol–water partition coefficient (Wildman–Crippen LogP) is 2.46. The third-order valence-electron chi connectivity index (χ3n) is 3.27. The summed E-state index contributed by atoms with van der Waals surface area (Å²) >= 11 is 0. The van der Waals surface area contributed by atoms with Gasteiger partial charge in [0.05, 0.1) is 6.04 Å². The zero-order valence-electron chi connectivity index (χ0n) is 10.7. The fourth-order valence-corrected chi connectivity index (χ4v) is 2.52. The van der Waals surface area contributed by atoms with Crippen LogP contribution >= 0.6 is 0 Å². The zero-order valence-corrected chi connectivity index (χ0v) is 10.7.